The molecule has 5 nitrogen and oxygen atoms in total. The van der Waals surface area contributed by atoms with Crippen molar-refractivity contribution in [2.75, 3.05) is 26.3 Å². The summed E-state index contributed by atoms with van der Waals surface area (Å²) in [6.45, 7) is 6.43. The molecule has 112 valence electrons. The molecule has 1 atom stereocenters. The summed E-state index contributed by atoms with van der Waals surface area (Å²) in [5.41, 5.74) is 0. The average Bonchev–Trinajstić information content (AvgIpc) is 3.07. The number of carbonyl (C=O) groups is 1. The molecule has 0 spiro atoms. The third kappa shape index (κ3) is 4.47. The second-order valence-corrected chi connectivity index (χ2v) is 6.11. The molecule has 0 aliphatic carbocycles. The normalized spacial score (nSPS) is 18.7. The van der Waals surface area contributed by atoms with Crippen molar-refractivity contribution >= 4 is 17.4 Å². The Labute approximate surface area is 123 Å². The summed E-state index contributed by atoms with van der Waals surface area (Å²) in [4.78, 5) is 13.0. The van der Waals surface area contributed by atoms with E-state index in [-0.39, 0.29) is 6.03 Å². The maximum Gasteiger partial charge on any atom is 0.314 e. The third-order valence-electron chi connectivity index (χ3n) is 3.36. The lowest BCUT2D eigenvalue weighted by Crippen LogP contribution is -2.40. The Bertz CT molecular complexity index is 416. The number of nitrogens with one attached hydrogen (secondary N) is 2. The summed E-state index contributed by atoms with van der Waals surface area (Å²) in [5.74, 6) is -0.211. The highest BCUT2D eigenvalue weighted by molar-refractivity contribution is 7.10. The molecule has 2 heterocycles. The molecule has 1 aromatic rings. The van der Waals surface area contributed by atoms with Crippen molar-refractivity contribution in [3.63, 3.8) is 0 Å². The molecule has 0 radical (unpaired) electrons. The Kier molecular flexibility index (Phi) is 5.39. The van der Waals surface area contributed by atoms with Gasteiger partial charge in [0, 0.05) is 30.3 Å². The monoisotopic (exact) mass is 298 g/mol. The van der Waals surface area contributed by atoms with E-state index in [0.29, 0.717) is 38.6 Å². The lowest BCUT2D eigenvalue weighted by atomic mass is 10.1. The minimum Gasteiger partial charge on any atom is -0.348 e. The van der Waals surface area contributed by atoms with E-state index in [1.165, 1.54) is 4.88 Å². The van der Waals surface area contributed by atoms with Crippen LogP contribution in [0.1, 0.15) is 31.1 Å². The first-order valence-corrected chi connectivity index (χ1v) is 7.80. The van der Waals surface area contributed by atoms with Gasteiger partial charge >= 0.3 is 6.03 Å². The Morgan fingerprint density at radius 2 is 2.20 bits per heavy atom. The van der Waals surface area contributed by atoms with E-state index >= 15 is 0 Å². The molecule has 0 bridgehead atoms. The average molecular weight is 298 g/mol. The van der Waals surface area contributed by atoms with Crippen LogP contribution in [0, 0.1) is 0 Å². The molecule has 6 heteroatoms. The smallest absolute Gasteiger partial charge is 0.314 e. The van der Waals surface area contributed by atoms with Gasteiger partial charge in [0.15, 0.2) is 5.79 Å². The predicted molar refractivity (Wildman–Crippen MR) is 79.1 cm³/mol. The molecule has 0 unspecified atom stereocenters. The summed E-state index contributed by atoms with van der Waals surface area (Å²) in [5, 5.41) is 7.76. The lowest BCUT2D eigenvalue weighted by Gasteiger charge is -2.22. The Morgan fingerprint density at radius 1 is 1.45 bits per heavy atom. The van der Waals surface area contributed by atoms with Gasteiger partial charge in [0.1, 0.15) is 0 Å². The first kappa shape index (κ1) is 15.3. The highest BCUT2D eigenvalue weighted by atomic mass is 32.1. The number of hydrogen-bond acceptors (Lipinski definition) is 4. The van der Waals surface area contributed by atoms with Gasteiger partial charge in [-0.05, 0) is 18.4 Å². The summed E-state index contributed by atoms with van der Waals surface area (Å²) in [6, 6.07) is 3.97. The van der Waals surface area contributed by atoms with Crippen LogP contribution in [-0.2, 0) is 9.47 Å². The fourth-order valence-corrected chi connectivity index (χ4v) is 2.87. The van der Waals surface area contributed by atoms with E-state index in [2.05, 4.69) is 23.6 Å². The number of hydrogen-bond donors (Lipinski definition) is 2. The molecule has 1 fully saturated rings. The zero-order valence-electron chi connectivity index (χ0n) is 12.0. The van der Waals surface area contributed by atoms with E-state index in [4.69, 9.17) is 9.47 Å². The molecule has 2 amide bonds. The van der Waals surface area contributed by atoms with Crippen LogP contribution in [0.2, 0.25) is 0 Å². The quantitative estimate of drug-likeness (QED) is 0.847. The molecule has 20 heavy (non-hydrogen) atoms. The zero-order chi connectivity index (χ0) is 14.4. The first-order valence-electron chi connectivity index (χ1n) is 6.92. The van der Waals surface area contributed by atoms with Crippen molar-refractivity contribution in [2.45, 2.75) is 32.0 Å². The van der Waals surface area contributed by atoms with Crippen LogP contribution in [0.25, 0.3) is 0 Å². The molecule has 0 saturated carbocycles. The summed E-state index contributed by atoms with van der Waals surface area (Å²) in [7, 11) is 0. The maximum atomic E-state index is 11.7. The highest BCUT2D eigenvalue weighted by Crippen LogP contribution is 2.21. The number of carbonyl (C=O) groups excluding carboxylic acids is 1. The van der Waals surface area contributed by atoms with Gasteiger partial charge in [-0.25, -0.2) is 4.79 Å². The SMILES string of the molecule is C[C@@H](CNC(=O)NCCC1(C)OCCO1)c1cccs1. The maximum absolute atomic E-state index is 11.7. The van der Waals surface area contributed by atoms with Crippen molar-refractivity contribution in [1.29, 1.82) is 0 Å². The number of rotatable bonds is 6. The number of thiophene rings is 1. The van der Waals surface area contributed by atoms with Crippen molar-refractivity contribution in [3.8, 4) is 0 Å². The van der Waals surface area contributed by atoms with E-state index < -0.39 is 5.79 Å². The molecule has 1 aliphatic rings. The Morgan fingerprint density at radius 3 is 2.85 bits per heavy atom. The second kappa shape index (κ2) is 7.06. The van der Waals surface area contributed by atoms with Gasteiger partial charge in [-0.3, -0.25) is 0 Å². The van der Waals surface area contributed by atoms with Crippen molar-refractivity contribution in [2.24, 2.45) is 0 Å². The molecular weight excluding hydrogens is 276 g/mol. The fourth-order valence-electron chi connectivity index (χ4n) is 2.08. The fraction of sp³-hybridized carbons (Fsp3) is 0.643. The largest absolute Gasteiger partial charge is 0.348 e. The molecule has 1 aromatic heterocycles. The lowest BCUT2D eigenvalue weighted by molar-refractivity contribution is -0.145. The number of amides is 2. The standard InChI is InChI=1S/C14H22N2O3S/c1-11(12-4-3-9-20-12)10-16-13(17)15-6-5-14(2)18-7-8-19-14/h3-4,9,11H,5-8,10H2,1-2H3,(H2,15,16,17)/t11-/m0/s1. The van der Waals surface area contributed by atoms with E-state index in [0.717, 1.165) is 0 Å². The zero-order valence-corrected chi connectivity index (χ0v) is 12.8. The highest BCUT2D eigenvalue weighted by Gasteiger charge is 2.30. The van der Waals surface area contributed by atoms with E-state index in [1.54, 1.807) is 11.3 Å². The van der Waals surface area contributed by atoms with Gasteiger partial charge in [-0.1, -0.05) is 13.0 Å². The molecule has 2 rings (SSSR count). The van der Waals surface area contributed by atoms with Crippen molar-refractivity contribution in [3.05, 3.63) is 22.4 Å². The van der Waals surface area contributed by atoms with Crippen LogP contribution in [0.3, 0.4) is 0 Å². The summed E-state index contributed by atoms with van der Waals surface area (Å²) >= 11 is 1.71. The molecule has 1 saturated heterocycles. The summed E-state index contributed by atoms with van der Waals surface area (Å²) < 4.78 is 11.0. The van der Waals surface area contributed by atoms with Gasteiger partial charge in [0.05, 0.1) is 13.2 Å². The van der Waals surface area contributed by atoms with Gasteiger partial charge in [0.2, 0.25) is 0 Å². The third-order valence-corrected chi connectivity index (χ3v) is 4.46. The van der Waals surface area contributed by atoms with Crippen LogP contribution >= 0.6 is 11.3 Å². The van der Waals surface area contributed by atoms with Gasteiger partial charge < -0.3 is 20.1 Å². The number of ether oxygens (including phenoxy) is 2. The van der Waals surface area contributed by atoms with Crippen LogP contribution in [0.5, 0.6) is 0 Å². The van der Waals surface area contributed by atoms with Crippen LogP contribution < -0.4 is 10.6 Å². The molecule has 1 aliphatic heterocycles. The van der Waals surface area contributed by atoms with E-state index in [9.17, 15) is 4.79 Å². The predicted octanol–water partition coefficient (Wildman–Crippen LogP) is 2.30. The van der Waals surface area contributed by atoms with Gasteiger partial charge in [-0.2, -0.15) is 0 Å². The Balaban J connectivity index is 1.61. The van der Waals surface area contributed by atoms with Crippen molar-refractivity contribution < 1.29 is 14.3 Å². The molecular formula is C14H22N2O3S. The van der Waals surface area contributed by atoms with Crippen LogP contribution in [0.15, 0.2) is 17.5 Å². The summed E-state index contributed by atoms with van der Waals surface area (Å²) in [6.07, 6.45) is 0.654. The molecule has 2 N–H and O–H groups in total. The van der Waals surface area contributed by atoms with Crippen molar-refractivity contribution in [1.82, 2.24) is 10.6 Å². The Hall–Kier alpha value is -1.11. The van der Waals surface area contributed by atoms with Gasteiger partial charge in [0.25, 0.3) is 0 Å². The minimum absolute atomic E-state index is 0.144. The van der Waals surface area contributed by atoms with Crippen LogP contribution in [0.4, 0.5) is 4.79 Å². The topological polar surface area (TPSA) is 59.6 Å². The molecule has 0 aromatic carbocycles. The van der Waals surface area contributed by atoms with Gasteiger partial charge in [-0.15, -0.1) is 11.3 Å². The van der Waals surface area contributed by atoms with E-state index in [1.807, 2.05) is 18.4 Å². The minimum atomic E-state index is -0.544. The first-order chi connectivity index (χ1) is 9.59. The van der Waals surface area contributed by atoms with Crippen LogP contribution in [-0.4, -0.2) is 38.1 Å². The second-order valence-electron chi connectivity index (χ2n) is 5.13. The number of urea groups is 1.